The molecule has 2 nitrogen and oxygen atoms in total. The number of hydrogen-bond acceptors (Lipinski definition) is 2. The van der Waals surface area contributed by atoms with Crippen molar-refractivity contribution in [3.8, 4) is 0 Å². The first-order chi connectivity index (χ1) is 8.12. The summed E-state index contributed by atoms with van der Waals surface area (Å²) in [5.41, 5.74) is 0.227. The van der Waals surface area contributed by atoms with Crippen molar-refractivity contribution in [1.29, 1.82) is 0 Å². The van der Waals surface area contributed by atoms with E-state index in [4.69, 9.17) is 4.74 Å². The van der Waals surface area contributed by atoms with Crippen LogP contribution in [-0.2, 0) is 4.74 Å². The zero-order valence-electron chi connectivity index (χ0n) is 13.9. The third kappa shape index (κ3) is 6.34. The fourth-order valence-electron chi connectivity index (χ4n) is 3.13. The Kier molecular flexibility index (Phi) is 7.94. The van der Waals surface area contributed by atoms with Crippen LogP contribution in [0, 0.1) is 0 Å². The van der Waals surface area contributed by atoms with Crippen molar-refractivity contribution in [2.24, 2.45) is 0 Å². The van der Waals surface area contributed by atoms with Gasteiger partial charge in [-0.05, 0) is 25.7 Å². The summed E-state index contributed by atoms with van der Waals surface area (Å²) < 4.78 is 5.88. The normalized spacial score (nSPS) is 17.6. The molecule has 0 saturated heterocycles. The van der Waals surface area contributed by atoms with E-state index in [9.17, 15) is 4.79 Å². The Morgan fingerprint density at radius 1 is 0.947 bits per heavy atom. The molecule has 1 rings (SSSR count). The maximum absolute atomic E-state index is 12.6. The van der Waals surface area contributed by atoms with Gasteiger partial charge in [0.1, 0.15) is 5.59 Å². The summed E-state index contributed by atoms with van der Waals surface area (Å²) in [6.07, 6.45) is 6.21. The van der Waals surface area contributed by atoms with Crippen LogP contribution in [0.25, 0.3) is 0 Å². The second-order valence-corrected chi connectivity index (χ2v) is 31.2. The minimum Gasteiger partial charge on any atom is -0.492 e. The molecule has 1 aliphatic rings. The van der Waals surface area contributed by atoms with Crippen molar-refractivity contribution in [3.05, 3.63) is 0 Å². The van der Waals surface area contributed by atoms with Gasteiger partial charge in [-0.2, -0.15) is 7.83 Å². The predicted molar refractivity (Wildman–Crippen MR) is 85.8 cm³/mol. The first-order valence-electron chi connectivity index (χ1n) is 7.21. The van der Waals surface area contributed by atoms with E-state index in [1.165, 1.54) is 19.3 Å². The van der Waals surface area contributed by atoms with E-state index < -0.39 is 23.0 Å². The molecule has 1 fully saturated rings. The van der Waals surface area contributed by atoms with Crippen molar-refractivity contribution >= 4 is 28.6 Å². The van der Waals surface area contributed by atoms with E-state index in [0.717, 1.165) is 12.8 Å². The first-order valence-corrected chi connectivity index (χ1v) is 17.7. The molecule has 19 heavy (non-hydrogen) atoms. The number of carbonyl (C=O) groups excluding carboxylic acids is 1. The third-order valence-corrected chi connectivity index (χ3v) is 30.8. The Morgan fingerprint density at radius 3 is 1.74 bits per heavy atom. The summed E-state index contributed by atoms with van der Waals surface area (Å²) in [6, 6.07) is 0. The molecule has 0 aromatic rings. The summed E-state index contributed by atoms with van der Waals surface area (Å²) in [4.78, 5) is 12.6. The van der Waals surface area contributed by atoms with Crippen molar-refractivity contribution in [3.63, 3.8) is 0 Å². The smallest absolute Gasteiger partial charge is 0.492 e. The molecule has 0 radical (unpaired) electrons. The molecule has 0 bridgehead atoms. The van der Waals surface area contributed by atoms with E-state index in [1.807, 2.05) is 0 Å². The van der Waals surface area contributed by atoms with Gasteiger partial charge in [-0.15, -0.1) is 0 Å². The van der Waals surface area contributed by atoms with Crippen LogP contribution in [0.4, 0.5) is 4.79 Å². The Balaban J connectivity index is 0.00000324. The summed E-state index contributed by atoms with van der Waals surface area (Å²) >= 11 is 0. The summed E-state index contributed by atoms with van der Waals surface area (Å²) in [5, 5.41) is 0. The van der Waals surface area contributed by atoms with Crippen molar-refractivity contribution in [1.82, 2.24) is 0 Å². The van der Waals surface area contributed by atoms with Gasteiger partial charge in [0, 0.05) is 0 Å². The summed E-state index contributed by atoms with van der Waals surface area (Å²) in [6.45, 7) is 14.1. The Labute approximate surface area is 134 Å². The van der Waals surface area contributed by atoms with Gasteiger partial charge in [-0.25, -0.2) is 0 Å². The number of rotatable bonds is 4. The quantitative estimate of drug-likeness (QED) is 0.733. The second-order valence-electron chi connectivity index (χ2n) is 7.54. The summed E-state index contributed by atoms with van der Waals surface area (Å²) in [5.74, 6) is 0. The van der Waals surface area contributed by atoms with Crippen LogP contribution in [0.5, 0.6) is 0 Å². The number of hydrogen-bond donors (Lipinski definition) is 0. The van der Waals surface area contributed by atoms with E-state index in [-0.39, 0.29) is 30.6 Å². The van der Waals surface area contributed by atoms with Crippen LogP contribution in [-0.4, -0.2) is 34.7 Å². The van der Waals surface area contributed by atoms with Crippen molar-refractivity contribution < 1.29 is 28.4 Å². The van der Waals surface area contributed by atoms with Gasteiger partial charge in [0.2, 0.25) is 0 Å². The minimum absolute atomic E-state index is 0. The van der Waals surface area contributed by atoms with E-state index in [0.29, 0.717) is 0 Å². The molecule has 0 aromatic carbocycles. The summed E-state index contributed by atoms with van der Waals surface area (Å²) in [7, 11) is -3.70. The van der Waals surface area contributed by atoms with E-state index in [2.05, 4.69) is 39.3 Å². The van der Waals surface area contributed by atoms with Gasteiger partial charge in [-0.1, -0.05) is 60.9 Å². The molecule has 0 N–H and O–H groups in total. The minimum atomic E-state index is -1.38. The van der Waals surface area contributed by atoms with Crippen molar-refractivity contribution in [2.75, 3.05) is 0 Å². The average molecular weight is 309 g/mol. The topological polar surface area (TPSA) is 26.3 Å². The van der Waals surface area contributed by atoms with Crippen LogP contribution < -0.4 is 18.9 Å². The number of ether oxygens (including phenoxy) is 1. The molecule has 1 aliphatic carbocycles. The monoisotopic (exact) mass is 308 g/mol. The molecule has 106 valence electrons. The molecule has 0 heterocycles. The van der Waals surface area contributed by atoms with Gasteiger partial charge in [0.25, 0.3) is 0 Å². The molecule has 0 amide bonds. The molecular weight excluding hydrogens is 279 g/mol. The molecule has 6 heteroatoms. The first kappa shape index (κ1) is 19.7. The van der Waals surface area contributed by atoms with Gasteiger partial charge < -0.3 is 4.74 Å². The second kappa shape index (κ2) is 7.65. The van der Waals surface area contributed by atoms with Gasteiger partial charge in [0.05, 0.1) is 6.10 Å². The van der Waals surface area contributed by atoms with Crippen LogP contribution in [0.3, 0.4) is 0 Å². The maximum atomic E-state index is 12.6. The molecule has 0 unspecified atom stereocenters. The number of carbonyl (C=O) groups is 1. The Hall–Kier alpha value is 0.718. The average Bonchev–Trinajstić information content (AvgIpc) is 2.13. The Morgan fingerprint density at radius 2 is 1.37 bits per heavy atom. The van der Waals surface area contributed by atoms with Crippen LogP contribution in [0.2, 0.25) is 39.3 Å². The maximum Gasteiger partial charge on any atom is 1.00 e. The zero-order valence-corrected chi connectivity index (χ0v) is 16.9. The SMILES string of the molecule is C[Si](C)(C)[Si-](C(=O)OC1CCCCC1)[Si](C)(C)C.[Li+]. The Bertz CT molecular complexity index is 277. The van der Waals surface area contributed by atoms with Gasteiger partial charge >= 0.3 is 18.9 Å². The molecule has 0 atom stereocenters. The standard InChI is InChI=1S/C13H29O2Si3.Li/c1-17(2,3)16(18(4,5)6)13(14)15-12-10-8-7-9-11-12;/h12H,7-11H2,1-6H3;/q-1;+1. The van der Waals surface area contributed by atoms with Crippen molar-refractivity contribution in [2.45, 2.75) is 77.5 Å². The van der Waals surface area contributed by atoms with Crippen LogP contribution in [0.15, 0.2) is 0 Å². The molecule has 1 saturated carbocycles. The van der Waals surface area contributed by atoms with E-state index in [1.54, 1.807) is 0 Å². The fourth-order valence-corrected chi connectivity index (χ4v) is 37.9. The van der Waals surface area contributed by atoms with Gasteiger partial charge in [0.15, 0.2) is 0 Å². The van der Waals surface area contributed by atoms with Crippen LogP contribution in [0.1, 0.15) is 32.1 Å². The molecule has 0 spiro atoms. The molecule has 0 aromatic heterocycles. The van der Waals surface area contributed by atoms with E-state index >= 15 is 0 Å². The van der Waals surface area contributed by atoms with Gasteiger partial charge in [-0.3, -0.25) is 4.79 Å². The van der Waals surface area contributed by atoms with Crippen LogP contribution >= 0.6 is 0 Å². The molecule has 0 aliphatic heterocycles. The fraction of sp³-hybridized carbons (Fsp3) is 0.923. The zero-order chi connectivity index (χ0) is 14.0. The predicted octanol–water partition coefficient (Wildman–Crippen LogP) is 1.37. The molecular formula is C13H29LiO2Si3. The third-order valence-electron chi connectivity index (χ3n) is 3.53. The largest absolute Gasteiger partial charge is 1.00 e.